The normalized spacial score (nSPS) is 9.58. The molecule has 3 nitrogen and oxygen atoms in total. The van der Waals surface area contributed by atoms with Crippen molar-refractivity contribution in [3.8, 4) is 29.0 Å². The Morgan fingerprint density at radius 3 is 2.84 bits per heavy atom. The molecule has 0 aliphatic heterocycles. The zero-order chi connectivity index (χ0) is 13.5. The van der Waals surface area contributed by atoms with Crippen LogP contribution in [0, 0.1) is 17.7 Å². The summed E-state index contributed by atoms with van der Waals surface area (Å²) in [6.07, 6.45) is 2.14. The highest BCUT2D eigenvalue weighted by molar-refractivity contribution is 5.60. The van der Waals surface area contributed by atoms with Gasteiger partial charge in [-0.2, -0.15) is 0 Å². The van der Waals surface area contributed by atoms with Gasteiger partial charge in [-0.25, -0.2) is 14.4 Å². The van der Waals surface area contributed by atoms with E-state index >= 15 is 0 Å². The molecule has 2 rings (SSSR count). The van der Waals surface area contributed by atoms with E-state index in [9.17, 15) is 4.39 Å². The van der Waals surface area contributed by atoms with Gasteiger partial charge < -0.3 is 4.74 Å². The van der Waals surface area contributed by atoms with Crippen molar-refractivity contribution in [2.45, 2.75) is 13.3 Å². The first-order valence-corrected chi connectivity index (χ1v) is 5.96. The number of ether oxygens (including phenoxy) is 1. The van der Waals surface area contributed by atoms with Crippen molar-refractivity contribution in [2.75, 3.05) is 6.61 Å². The molecule has 96 valence electrons. The average Bonchev–Trinajstić information content (AvgIpc) is 2.44. The molecule has 0 spiro atoms. The van der Waals surface area contributed by atoms with Gasteiger partial charge in [0.1, 0.15) is 12.1 Å². The molecule has 0 bridgehead atoms. The van der Waals surface area contributed by atoms with Gasteiger partial charge in [0.05, 0.1) is 5.69 Å². The van der Waals surface area contributed by atoms with Gasteiger partial charge in [0.25, 0.3) is 0 Å². The van der Waals surface area contributed by atoms with Crippen molar-refractivity contribution >= 4 is 0 Å². The van der Waals surface area contributed by atoms with E-state index in [1.165, 1.54) is 12.4 Å². The fraction of sp³-hybridized carbons (Fsp3) is 0.200. The minimum Gasteiger partial charge on any atom is -0.464 e. The van der Waals surface area contributed by atoms with E-state index in [0.717, 1.165) is 6.42 Å². The molecule has 1 heterocycles. The number of halogens is 1. The SMILES string of the molecule is CCC#CCOc1cc(-c2ccccc2F)ncn1. The summed E-state index contributed by atoms with van der Waals surface area (Å²) in [6, 6.07) is 8.06. The van der Waals surface area contributed by atoms with Crippen molar-refractivity contribution in [1.29, 1.82) is 0 Å². The lowest BCUT2D eigenvalue weighted by Crippen LogP contribution is -1.98. The predicted octanol–water partition coefficient (Wildman–Crippen LogP) is 3.07. The molecule has 0 unspecified atom stereocenters. The van der Waals surface area contributed by atoms with Crippen LogP contribution in [0.2, 0.25) is 0 Å². The van der Waals surface area contributed by atoms with E-state index in [0.29, 0.717) is 17.1 Å². The van der Waals surface area contributed by atoms with Crippen LogP contribution in [-0.4, -0.2) is 16.6 Å². The number of benzene rings is 1. The van der Waals surface area contributed by atoms with Crippen LogP contribution >= 0.6 is 0 Å². The van der Waals surface area contributed by atoms with Crippen LogP contribution in [0.15, 0.2) is 36.7 Å². The van der Waals surface area contributed by atoms with E-state index in [1.807, 2.05) is 6.92 Å². The van der Waals surface area contributed by atoms with Crippen molar-refractivity contribution in [3.05, 3.63) is 42.5 Å². The fourth-order valence-corrected chi connectivity index (χ4v) is 1.52. The molecule has 0 N–H and O–H groups in total. The molecule has 1 aromatic carbocycles. The molecule has 0 saturated heterocycles. The lowest BCUT2D eigenvalue weighted by molar-refractivity contribution is 0.354. The second-order valence-electron chi connectivity index (χ2n) is 3.72. The Labute approximate surface area is 111 Å². The summed E-state index contributed by atoms with van der Waals surface area (Å²) >= 11 is 0. The lowest BCUT2D eigenvalue weighted by Gasteiger charge is -2.04. The standard InChI is InChI=1S/C15H13FN2O/c1-2-3-6-9-19-15-10-14(17-11-18-15)12-7-4-5-8-13(12)16/h4-5,7-8,10-11H,2,9H2,1H3. The van der Waals surface area contributed by atoms with E-state index < -0.39 is 0 Å². The molecule has 0 amide bonds. The second kappa shape index (κ2) is 6.50. The van der Waals surface area contributed by atoms with Crippen molar-refractivity contribution in [1.82, 2.24) is 9.97 Å². The lowest BCUT2D eigenvalue weighted by atomic mass is 10.1. The maximum Gasteiger partial charge on any atom is 0.217 e. The summed E-state index contributed by atoms with van der Waals surface area (Å²) in [5.41, 5.74) is 0.918. The molecule has 0 atom stereocenters. The van der Waals surface area contributed by atoms with Gasteiger partial charge in [0.15, 0.2) is 6.61 Å². The fourth-order valence-electron chi connectivity index (χ4n) is 1.52. The Kier molecular flexibility index (Phi) is 4.46. The molecular formula is C15H13FN2O. The minimum absolute atomic E-state index is 0.265. The number of aromatic nitrogens is 2. The first kappa shape index (κ1) is 13.0. The second-order valence-corrected chi connectivity index (χ2v) is 3.72. The first-order valence-electron chi connectivity index (χ1n) is 5.96. The van der Waals surface area contributed by atoms with Gasteiger partial charge in [0.2, 0.25) is 5.88 Å². The van der Waals surface area contributed by atoms with Crippen LogP contribution in [0.25, 0.3) is 11.3 Å². The maximum atomic E-state index is 13.6. The molecule has 0 fully saturated rings. The quantitative estimate of drug-likeness (QED) is 0.792. The monoisotopic (exact) mass is 256 g/mol. The number of hydrogen-bond acceptors (Lipinski definition) is 3. The largest absolute Gasteiger partial charge is 0.464 e. The number of rotatable bonds is 3. The summed E-state index contributed by atoms with van der Waals surface area (Å²) < 4.78 is 19.0. The molecule has 1 aromatic heterocycles. The Balaban J connectivity index is 2.18. The zero-order valence-electron chi connectivity index (χ0n) is 10.6. The Bertz CT molecular complexity index is 617. The van der Waals surface area contributed by atoms with Crippen molar-refractivity contribution in [2.24, 2.45) is 0 Å². The van der Waals surface area contributed by atoms with Crippen LogP contribution in [0.1, 0.15) is 13.3 Å². The highest BCUT2D eigenvalue weighted by Gasteiger charge is 2.06. The third-order valence-electron chi connectivity index (χ3n) is 2.39. The molecule has 0 aliphatic rings. The zero-order valence-corrected chi connectivity index (χ0v) is 10.6. The average molecular weight is 256 g/mol. The molecule has 4 heteroatoms. The van der Waals surface area contributed by atoms with E-state index in [-0.39, 0.29) is 12.4 Å². The Morgan fingerprint density at radius 1 is 1.21 bits per heavy atom. The Hall–Kier alpha value is -2.41. The first-order chi connectivity index (χ1) is 9.31. The summed E-state index contributed by atoms with van der Waals surface area (Å²) in [7, 11) is 0. The third-order valence-corrected chi connectivity index (χ3v) is 2.39. The van der Waals surface area contributed by atoms with E-state index in [2.05, 4.69) is 21.8 Å². The van der Waals surface area contributed by atoms with Gasteiger partial charge in [-0.05, 0) is 12.1 Å². The predicted molar refractivity (Wildman–Crippen MR) is 71.0 cm³/mol. The van der Waals surface area contributed by atoms with Gasteiger partial charge in [0, 0.05) is 18.1 Å². The molecular weight excluding hydrogens is 243 g/mol. The third kappa shape index (κ3) is 3.52. The van der Waals surface area contributed by atoms with Gasteiger partial charge >= 0.3 is 0 Å². The topological polar surface area (TPSA) is 35.0 Å². The number of hydrogen-bond donors (Lipinski definition) is 0. The maximum absolute atomic E-state index is 13.6. The molecule has 0 saturated carbocycles. The van der Waals surface area contributed by atoms with Crippen LogP contribution < -0.4 is 4.74 Å². The minimum atomic E-state index is -0.321. The molecule has 0 radical (unpaired) electrons. The van der Waals surface area contributed by atoms with E-state index in [4.69, 9.17) is 4.74 Å². The highest BCUT2D eigenvalue weighted by Crippen LogP contribution is 2.22. The van der Waals surface area contributed by atoms with Gasteiger partial charge in [-0.3, -0.25) is 0 Å². The van der Waals surface area contributed by atoms with Crippen molar-refractivity contribution < 1.29 is 9.13 Å². The number of nitrogens with zero attached hydrogens (tertiary/aromatic N) is 2. The van der Waals surface area contributed by atoms with Crippen LogP contribution in [0.3, 0.4) is 0 Å². The highest BCUT2D eigenvalue weighted by atomic mass is 19.1. The summed E-state index contributed by atoms with van der Waals surface area (Å²) in [4.78, 5) is 8.02. The van der Waals surface area contributed by atoms with Gasteiger partial charge in [-0.1, -0.05) is 25.0 Å². The molecule has 2 aromatic rings. The van der Waals surface area contributed by atoms with Crippen LogP contribution in [-0.2, 0) is 0 Å². The van der Waals surface area contributed by atoms with Crippen LogP contribution in [0.5, 0.6) is 5.88 Å². The van der Waals surface area contributed by atoms with Gasteiger partial charge in [-0.15, -0.1) is 5.92 Å². The molecule has 0 aliphatic carbocycles. The summed E-state index contributed by atoms with van der Waals surface area (Å²) in [5, 5.41) is 0. The molecule has 19 heavy (non-hydrogen) atoms. The summed E-state index contributed by atoms with van der Waals surface area (Å²) in [6.45, 7) is 2.23. The van der Waals surface area contributed by atoms with E-state index in [1.54, 1.807) is 24.3 Å². The smallest absolute Gasteiger partial charge is 0.217 e. The van der Waals surface area contributed by atoms with Crippen LogP contribution in [0.4, 0.5) is 4.39 Å². The summed E-state index contributed by atoms with van der Waals surface area (Å²) in [5.74, 6) is 5.81. The Morgan fingerprint density at radius 2 is 2.05 bits per heavy atom. The van der Waals surface area contributed by atoms with Crippen molar-refractivity contribution in [3.63, 3.8) is 0 Å².